The van der Waals surface area contributed by atoms with Crippen molar-refractivity contribution < 1.29 is 19.1 Å². The van der Waals surface area contributed by atoms with Crippen LogP contribution in [0.3, 0.4) is 0 Å². The molecule has 3 aromatic carbocycles. The number of fused-ring (bicyclic) bond motifs is 1. The van der Waals surface area contributed by atoms with E-state index in [2.05, 4.69) is 6.07 Å². The maximum absolute atomic E-state index is 13.6. The molecule has 0 heterocycles. The molecule has 0 bridgehead atoms. The molecule has 1 atom stereocenters. The zero-order chi connectivity index (χ0) is 24.0. The van der Waals surface area contributed by atoms with Crippen molar-refractivity contribution in [3.63, 3.8) is 0 Å². The first kappa shape index (κ1) is 24.2. The van der Waals surface area contributed by atoms with Crippen LogP contribution in [-0.2, 0) is 14.3 Å². The predicted molar refractivity (Wildman–Crippen MR) is 126 cm³/mol. The predicted octanol–water partition coefficient (Wildman–Crippen LogP) is 5.01. The van der Waals surface area contributed by atoms with Crippen molar-refractivity contribution in [3.8, 4) is 6.07 Å². The first-order valence-corrected chi connectivity index (χ1v) is 10.8. The third-order valence-corrected chi connectivity index (χ3v) is 6.03. The molecule has 0 aliphatic rings. The van der Waals surface area contributed by atoms with Crippen molar-refractivity contribution in [2.75, 3.05) is 20.2 Å². The number of aldehydes is 1. The number of benzene rings is 3. The number of hydrogen-bond acceptors (Lipinski definition) is 5. The van der Waals surface area contributed by atoms with E-state index in [0.717, 1.165) is 11.7 Å². The maximum atomic E-state index is 13.6. The van der Waals surface area contributed by atoms with Crippen LogP contribution in [0.5, 0.6) is 0 Å². The summed E-state index contributed by atoms with van der Waals surface area (Å²) in [6, 6.07) is 17.5. The Hall–Kier alpha value is -3.40. The van der Waals surface area contributed by atoms with Crippen LogP contribution in [0.2, 0.25) is 10.0 Å². The van der Waals surface area contributed by atoms with Gasteiger partial charge in [-0.05, 0) is 40.6 Å². The van der Waals surface area contributed by atoms with Gasteiger partial charge in [-0.1, -0.05) is 53.5 Å². The lowest BCUT2D eigenvalue weighted by atomic mass is 9.94. The molecule has 0 radical (unpaired) electrons. The van der Waals surface area contributed by atoms with Crippen LogP contribution >= 0.6 is 23.2 Å². The Kier molecular flexibility index (Phi) is 8.05. The molecule has 33 heavy (non-hydrogen) atoms. The zero-order valence-electron chi connectivity index (χ0n) is 17.8. The van der Waals surface area contributed by atoms with E-state index in [0.29, 0.717) is 26.6 Å². The number of carbonyl (C=O) groups excluding carboxylic acids is 3. The van der Waals surface area contributed by atoms with Gasteiger partial charge in [-0.25, -0.2) is 0 Å². The van der Waals surface area contributed by atoms with Gasteiger partial charge in [0.2, 0.25) is 0 Å². The molecule has 0 fully saturated rings. The van der Waals surface area contributed by atoms with Gasteiger partial charge in [0.15, 0.2) is 0 Å². The summed E-state index contributed by atoms with van der Waals surface area (Å²) < 4.78 is 4.79. The standard InChI is InChI=1S/C25H20Cl2N2O4/c1-33-24(31)15-29(14-19(8-9-30)17-6-7-22(26)23(27)12-17)25(32)21-11-16(13-28)10-18-4-2-3-5-20(18)21/h2-7,9-12,19H,8,14-15H2,1H3. The topological polar surface area (TPSA) is 87.5 Å². The van der Waals surface area contributed by atoms with E-state index < -0.39 is 17.8 Å². The summed E-state index contributed by atoms with van der Waals surface area (Å²) in [5.41, 5.74) is 1.31. The molecule has 1 amide bonds. The summed E-state index contributed by atoms with van der Waals surface area (Å²) in [6.07, 6.45) is 0.849. The minimum absolute atomic E-state index is 0.0513. The SMILES string of the molecule is COC(=O)CN(CC(CC=O)c1ccc(Cl)c(Cl)c1)C(=O)c1cc(C#N)cc2ccccc12. The van der Waals surface area contributed by atoms with Gasteiger partial charge in [0.25, 0.3) is 5.91 Å². The Bertz CT molecular complexity index is 1250. The number of carbonyl (C=O) groups is 3. The normalized spacial score (nSPS) is 11.5. The van der Waals surface area contributed by atoms with Gasteiger partial charge >= 0.3 is 5.97 Å². The Balaban J connectivity index is 2.05. The van der Waals surface area contributed by atoms with E-state index in [9.17, 15) is 19.6 Å². The van der Waals surface area contributed by atoms with Gasteiger partial charge in [0, 0.05) is 24.4 Å². The highest BCUT2D eigenvalue weighted by molar-refractivity contribution is 6.42. The third-order valence-electron chi connectivity index (χ3n) is 5.29. The largest absolute Gasteiger partial charge is 0.468 e. The second-order valence-corrected chi connectivity index (χ2v) is 8.21. The Morgan fingerprint density at radius 1 is 1.12 bits per heavy atom. The fraction of sp³-hybridized carbons (Fsp3) is 0.200. The summed E-state index contributed by atoms with van der Waals surface area (Å²) >= 11 is 12.2. The average Bonchev–Trinajstić information content (AvgIpc) is 2.83. The lowest BCUT2D eigenvalue weighted by Gasteiger charge is -2.27. The lowest BCUT2D eigenvalue weighted by molar-refractivity contribution is -0.141. The molecule has 3 aromatic rings. The van der Waals surface area contributed by atoms with Crippen molar-refractivity contribution >= 4 is 52.1 Å². The highest BCUT2D eigenvalue weighted by Gasteiger charge is 2.26. The van der Waals surface area contributed by atoms with E-state index in [-0.39, 0.29) is 25.1 Å². The molecular formula is C25H20Cl2N2O4. The highest BCUT2D eigenvalue weighted by atomic mass is 35.5. The minimum Gasteiger partial charge on any atom is -0.468 e. The summed E-state index contributed by atoms with van der Waals surface area (Å²) in [5, 5.41) is 11.5. The van der Waals surface area contributed by atoms with Gasteiger partial charge < -0.3 is 14.4 Å². The van der Waals surface area contributed by atoms with Gasteiger partial charge in [-0.2, -0.15) is 5.26 Å². The smallest absolute Gasteiger partial charge is 0.325 e. The molecule has 0 aliphatic heterocycles. The molecule has 0 spiro atoms. The molecule has 3 rings (SSSR count). The third kappa shape index (κ3) is 5.70. The first-order valence-electron chi connectivity index (χ1n) is 10.1. The first-order chi connectivity index (χ1) is 15.9. The fourth-order valence-corrected chi connectivity index (χ4v) is 3.93. The van der Waals surface area contributed by atoms with Crippen LogP contribution in [0, 0.1) is 11.3 Å². The number of halogens is 2. The molecule has 0 saturated heterocycles. The van der Waals surface area contributed by atoms with Crippen LogP contribution in [0.15, 0.2) is 54.6 Å². The van der Waals surface area contributed by atoms with Crippen LogP contribution < -0.4 is 0 Å². The van der Waals surface area contributed by atoms with Gasteiger partial charge in [0.05, 0.1) is 28.8 Å². The number of nitriles is 1. The molecule has 0 aromatic heterocycles. The van der Waals surface area contributed by atoms with E-state index in [4.69, 9.17) is 27.9 Å². The number of amides is 1. The van der Waals surface area contributed by atoms with E-state index in [1.54, 1.807) is 36.4 Å². The molecule has 0 saturated carbocycles. The van der Waals surface area contributed by atoms with E-state index in [1.807, 2.05) is 12.1 Å². The van der Waals surface area contributed by atoms with Crippen LogP contribution in [-0.4, -0.2) is 43.3 Å². The fourth-order valence-electron chi connectivity index (χ4n) is 3.63. The summed E-state index contributed by atoms with van der Waals surface area (Å²) in [4.78, 5) is 38.5. The highest BCUT2D eigenvalue weighted by Crippen LogP contribution is 2.29. The average molecular weight is 483 g/mol. The van der Waals surface area contributed by atoms with Gasteiger partial charge in [0.1, 0.15) is 12.8 Å². The summed E-state index contributed by atoms with van der Waals surface area (Å²) in [6.45, 7) is -0.271. The van der Waals surface area contributed by atoms with Crippen molar-refractivity contribution in [2.24, 2.45) is 0 Å². The second-order valence-electron chi connectivity index (χ2n) is 7.39. The molecule has 8 heteroatoms. The molecule has 0 aliphatic carbocycles. The van der Waals surface area contributed by atoms with Crippen LogP contribution in [0.25, 0.3) is 10.8 Å². The van der Waals surface area contributed by atoms with E-state index in [1.165, 1.54) is 18.1 Å². The van der Waals surface area contributed by atoms with Gasteiger partial charge in [-0.3, -0.25) is 9.59 Å². The molecule has 0 N–H and O–H groups in total. The molecule has 1 unspecified atom stereocenters. The number of ether oxygens (including phenoxy) is 1. The second kappa shape index (κ2) is 11.0. The van der Waals surface area contributed by atoms with Crippen LogP contribution in [0.1, 0.15) is 33.8 Å². The van der Waals surface area contributed by atoms with Gasteiger partial charge in [-0.15, -0.1) is 0 Å². The summed E-state index contributed by atoms with van der Waals surface area (Å²) in [7, 11) is 1.23. The Labute approximate surface area is 201 Å². The number of rotatable bonds is 8. The summed E-state index contributed by atoms with van der Waals surface area (Å²) in [5.74, 6) is -1.50. The van der Waals surface area contributed by atoms with Crippen molar-refractivity contribution in [1.82, 2.24) is 4.90 Å². The monoisotopic (exact) mass is 482 g/mol. The van der Waals surface area contributed by atoms with Crippen molar-refractivity contribution in [1.29, 1.82) is 5.26 Å². The van der Waals surface area contributed by atoms with Crippen LogP contribution in [0.4, 0.5) is 0 Å². The number of methoxy groups -OCH3 is 1. The minimum atomic E-state index is -0.608. The Morgan fingerprint density at radius 3 is 2.55 bits per heavy atom. The van der Waals surface area contributed by atoms with Crippen molar-refractivity contribution in [2.45, 2.75) is 12.3 Å². The lowest BCUT2D eigenvalue weighted by Crippen LogP contribution is -2.39. The zero-order valence-corrected chi connectivity index (χ0v) is 19.3. The number of esters is 1. The quantitative estimate of drug-likeness (QED) is 0.332. The Morgan fingerprint density at radius 2 is 1.88 bits per heavy atom. The molecular weight excluding hydrogens is 463 g/mol. The van der Waals surface area contributed by atoms with E-state index >= 15 is 0 Å². The maximum Gasteiger partial charge on any atom is 0.325 e. The number of nitrogens with zero attached hydrogens (tertiary/aromatic N) is 2. The number of hydrogen-bond donors (Lipinski definition) is 0. The molecule has 6 nitrogen and oxygen atoms in total. The van der Waals surface area contributed by atoms with Crippen molar-refractivity contribution in [3.05, 3.63) is 81.3 Å². The molecule has 168 valence electrons.